The molecule has 1 rings (SSSR count). The van der Waals surface area contributed by atoms with E-state index in [0.717, 1.165) is 16.7 Å². The van der Waals surface area contributed by atoms with Crippen LogP contribution in [-0.4, -0.2) is 23.5 Å². The third-order valence-corrected chi connectivity index (χ3v) is 3.92. The Labute approximate surface area is 102 Å². The van der Waals surface area contributed by atoms with Gasteiger partial charge in [0.05, 0.1) is 0 Å². The van der Waals surface area contributed by atoms with Crippen LogP contribution in [0.4, 0.5) is 0 Å². The highest BCUT2D eigenvalue weighted by Gasteiger charge is 2.18. The Hall–Kier alpha value is -0.910. The van der Waals surface area contributed by atoms with Crippen LogP contribution >= 0.6 is 0 Å². The minimum Gasteiger partial charge on any atom is -0.746 e. The van der Waals surface area contributed by atoms with Crippen molar-refractivity contribution in [2.45, 2.75) is 38.5 Å². The third-order valence-electron chi connectivity index (χ3n) is 3.07. The van der Waals surface area contributed by atoms with Crippen molar-refractivity contribution < 1.29 is 18.1 Å². The number of benzene rings is 1. The Morgan fingerprint density at radius 3 is 2.47 bits per heavy atom. The van der Waals surface area contributed by atoms with Crippen LogP contribution < -0.4 is 0 Å². The lowest BCUT2D eigenvalue weighted by molar-refractivity contribution is 0.213. The maximum atomic E-state index is 10.6. The van der Waals surface area contributed by atoms with Crippen molar-refractivity contribution >= 4 is 10.1 Å². The summed E-state index contributed by atoms with van der Waals surface area (Å²) < 4.78 is 31.9. The largest absolute Gasteiger partial charge is 0.746 e. The predicted molar refractivity (Wildman–Crippen MR) is 64.7 cm³/mol. The van der Waals surface area contributed by atoms with Gasteiger partial charge in [-0.15, -0.1) is 0 Å². The van der Waals surface area contributed by atoms with Crippen LogP contribution in [0, 0.1) is 13.8 Å². The molecule has 1 N–H and O–H groups in total. The second-order valence-corrected chi connectivity index (χ2v) is 5.90. The number of aliphatic hydroxyl groups excluding tert-OH is 1. The van der Waals surface area contributed by atoms with E-state index in [1.54, 1.807) is 6.92 Å². The van der Waals surface area contributed by atoms with Crippen molar-refractivity contribution in [3.8, 4) is 0 Å². The van der Waals surface area contributed by atoms with Crippen LogP contribution in [-0.2, 0) is 10.1 Å². The van der Waals surface area contributed by atoms with E-state index in [9.17, 15) is 18.1 Å². The smallest absolute Gasteiger partial charge is 0.144 e. The first-order valence-electron chi connectivity index (χ1n) is 5.42. The Morgan fingerprint density at radius 2 is 1.94 bits per heavy atom. The summed E-state index contributed by atoms with van der Waals surface area (Å²) in [5.74, 6) is -0.173. The fourth-order valence-corrected chi connectivity index (χ4v) is 2.38. The molecule has 0 bridgehead atoms. The molecule has 0 fully saturated rings. The van der Waals surface area contributed by atoms with Crippen molar-refractivity contribution in [3.63, 3.8) is 0 Å². The van der Waals surface area contributed by atoms with Crippen LogP contribution in [0.3, 0.4) is 0 Å². The van der Waals surface area contributed by atoms with Gasteiger partial charge in [-0.3, -0.25) is 0 Å². The molecule has 0 amide bonds. The second-order valence-electron chi connectivity index (χ2n) is 4.37. The van der Waals surface area contributed by atoms with Gasteiger partial charge in [-0.1, -0.05) is 25.1 Å². The first-order valence-corrected chi connectivity index (χ1v) is 6.89. The summed E-state index contributed by atoms with van der Waals surface area (Å²) >= 11 is 0. The summed E-state index contributed by atoms with van der Waals surface area (Å²) in [7, 11) is -4.62. The number of rotatable bonds is 4. The zero-order chi connectivity index (χ0) is 13.2. The van der Waals surface area contributed by atoms with Crippen LogP contribution in [0.15, 0.2) is 18.2 Å². The summed E-state index contributed by atoms with van der Waals surface area (Å²) in [6.45, 7) is 5.71. The van der Waals surface area contributed by atoms with Gasteiger partial charge in [-0.2, -0.15) is 0 Å². The van der Waals surface area contributed by atoms with Crippen molar-refractivity contribution in [1.29, 1.82) is 0 Å². The van der Waals surface area contributed by atoms with Crippen LogP contribution in [0.25, 0.3) is 0 Å². The van der Waals surface area contributed by atoms with Gasteiger partial charge in [0.1, 0.15) is 15.6 Å². The van der Waals surface area contributed by atoms with Gasteiger partial charge in [0.2, 0.25) is 0 Å². The number of aliphatic hydroxyl groups is 1. The first-order chi connectivity index (χ1) is 7.73. The molecular formula is C12H17O4S-. The average Bonchev–Trinajstić information content (AvgIpc) is 2.20. The molecule has 0 aliphatic heterocycles. The molecule has 2 unspecified atom stereocenters. The predicted octanol–water partition coefficient (Wildman–Crippen LogP) is 1.66. The van der Waals surface area contributed by atoms with E-state index in [0.29, 0.717) is 0 Å². The van der Waals surface area contributed by atoms with Crippen molar-refractivity contribution in [1.82, 2.24) is 0 Å². The average molecular weight is 257 g/mol. The van der Waals surface area contributed by atoms with E-state index in [2.05, 4.69) is 0 Å². The molecule has 0 radical (unpaired) electrons. The molecule has 0 heterocycles. The standard InChI is InChI=1S/C12H18O4S/c1-8-5-4-6-11(10(8)3)9(2)7-12(13)17(14,15)16/h4-6,9,12-13H,7H2,1-3H3,(H,14,15,16)/p-1. The second kappa shape index (κ2) is 5.16. The van der Waals surface area contributed by atoms with E-state index in [1.807, 2.05) is 32.0 Å². The lowest BCUT2D eigenvalue weighted by Gasteiger charge is -2.21. The van der Waals surface area contributed by atoms with E-state index < -0.39 is 15.6 Å². The number of hydrogen-bond donors (Lipinski definition) is 1. The maximum absolute atomic E-state index is 10.6. The van der Waals surface area contributed by atoms with Crippen molar-refractivity contribution in [2.75, 3.05) is 0 Å². The lowest BCUT2D eigenvalue weighted by Crippen LogP contribution is -2.22. The minimum atomic E-state index is -4.62. The monoisotopic (exact) mass is 257 g/mol. The quantitative estimate of drug-likeness (QED) is 0.832. The molecule has 0 saturated heterocycles. The summed E-state index contributed by atoms with van der Waals surface area (Å²) in [5, 5.41) is 9.28. The van der Waals surface area contributed by atoms with E-state index in [4.69, 9.17) is 0 Å². The maximum Gasteiger partial charge on any atom is 0.144 e. The molecule has 17 heavy (non-hydrogen) atoms. The van der Waals surface area contributed by atoms with Crippen LogP contribution in [0.2, 0.25) is 0 Å². The minimum absolute atomic E-state index is 0.0733. The van der Waals surface area contributed by atoms with Gasteiger partial charge in [-0.05, 0) is 42.9 Å². The normalized spacial score (nSPS) is 15.6. The lowest BCUT2D eigenvalue weighted by atomic mass is 9.92. The van der Waals surface area contributed by atoms with E-state index in [1.165, 1.54) is 0 Å². The van der Waals surface area contributed by atoms with Crippen LogP contribution in [0.1, 0.15) is 36.0 Å². The highest BCUT2D eigenvalue weighted by atomic mass is 32.2. The highest BCUT2D eigenvalue weighted by molar-refractivity contribution is 7.86. The van der Waals surface area contributed by atoms with E-state index >= 15 is 0 Å². The molecular weight excluding hydrogens is 240 g/mol. The van der Waals surface area contributed by atoms with Crippen molar-refractivity contribution in [2.24, 2.45) is 0 Å². The molecule has 2 atom stereocenters. The number of aryl methyl sites for hydroxylation is 1. The molecule has 5 heteroatoms. The summed E-state index contributed by atoms with van der Waals surface area (Å²) in [4.78, 5) is 0. The third kappa shape index (κ3) is 3.52. The van der Waals surface area contributed by atoms with Crippen molar-refractivity contribution in [3.05, 3.63) is 34.9 Å². The SMILES string of the molecule is Cc1cccc(C(C)CC(O)S(=O)(=O)[O-])c1C. The Balaban J connectivity index is 2.91. The molecule has 96 valence electrons. The van der Waals surface area contributed by atoms with Gasteiger partial charge in [0, 0.05) is 0 Å². The highest BCUT2D eigenvalue weighted by Crippen LogP contribution is 2.26. The molecule has 4 nitrogen and oxygen atoms in total. The van der Waals surface area contributed by atoms with Gasteiger partial charge in [0.25, 0.3) is 0 Å². The van der Waals surface area contributed by atoms with Gasteiger partial charge in [0.15, 0.2) is 0 Å². The summed E-state index contributed by atoms with van der Waals surface area (Å²) in [6.07, 6.45) is -0.0733. The first kappa shape index (κ1) is 14.2. The molecule has 0 aliphatic rings. The zero-order valence-corrected chi connectivity index (χ0v) is 11.0. The van der Waals surface area contributed by atoms with Gasteiger partial charge >= 0.3 is 0 Å². The fourth-order valence-electron chi connectivity index (χ4n) is 1.85. The Kier molecular flexibility index (Phi) is 4.30. The Morgan fingerprint density at radius 1 is 1.35 bits per heavy atom. The fraction of sp³-hybridized carbons (Fsp3) is 0.500. The molecule has 0 spiro atoms. The Bertz CT molecular complexity index is 493. The molecule has 1 aromatic rings. The van der Waals surface area contributed by atoms with Gasteiger partial charge < -0.3 is 9.66 Å². The van der Waals surface area contributed by atoms with Crippen LogP contribution in [0.5, 0.6) is 0 Å². The van der Waals surface area contributed by atoms with Gasteiger partial charge in [-0.25, -0.2) is 8.42 Å². The molecule has 0 saturated carbocycles. The number of hydrogen-bond acceptors (Lipinski definition) is 4. The topological polar surface area (TPSA) is 77.4 Å². The zero-order valence-electron chi connectivity index (χ0n) is 10.2. The molecule has 1 aromatic carbocycles. The molecule has 0 aromatic heterocycles. The molecule has 0 aliphatic carbocycles. The van der Waals surface area contributed by atoms with E-state index in [-0.39, 0.29) is 12.3 Å². The summed E-state index contributed by atoms with van der Waals surface area (Å²) in [5.41, 5.74) is 1.30. The summed E-state index contributed by atoms with van der Waals surface area (Å²) in [6, 6.07) is 5.73.